The van der Waals surface area contributed by atoms with E-state index >= 15 is 0 Å². The minimum Gasteiger partial charge on any atom is -0.329 e. The normalized spacial score (nSPS) is 11.3. The van der Waals surface area contributed by atoms with Gasteiger partial charge in [0.2, 0.25) is 0 Å². The van der Waals surface area contributed by atoms with Crippen LogP contribution in [0.2, 0.25) is 0 Å². The summed E-state index contributed by atoms with van der Waals surface area (Å²) in [6, 6.07) is 19.1. The number of H-pyrrole nitrogens is 1. The van der Waals surface area contributed by atoms with Crippen LogP contribution in [0.1, 0.15) is 41.4 Å². The predicted octanol–water partition coefficient (Wildman–Crippen LogP) is 4.38. The van der Waals surface area contributed by atoms with Gasteiger partial charge in [-0.3, -0.25) is 9.59 Å². The Kier molecular flexibility index (Phi) is 5.46. The molecule has 1 N–H and O–H groups in total. The third-order valence-corrected chi connectivity index (χ3v) is 5.54. The van der Waals surface area contributed by atoms with Crippen molar-refractivity contribution in [3.63, 3.8) is 0 Å². The SMILES string of the molecule is Cc1cc(C(=O)N(Cc2nc3ccccc3c(=O)[nH]2)C(C)C)c(C)n1-c1ccccc1. The van der Waals surface area contributed by atoms with Gasteiger partial charge in [0.05, 0.1) is 23.0 Å². The monoisotopic (exact) mass is 414 g/mol. The number of aryl methyl sites for hydroxylation is 1. The van der Waals surface area contributed by atoms with Crippen molar-refractivity contribution in [3.05, 3.63) is 93.8 Å². The first-order chi connectivity index (χ1) is 14.9. The first-order valence-electron chi connectivity index (χ1n) is 10.4. The molecule has 2 heterocycles. The summed E-state index contributed by atoms with van der Waals surface area (Å²) in [5.41, 5.74) is 3.98. The Morgan fingerprint density at radius 2 is 1.74 bits per heavy atom. The topological polar surface area (TPSA) is 71.0 Å². The molecule has 0 saturated heterocycles. The number of fused-ring (bicyclic) bond motifs is 1. The number of para-hydroxylation sites is 2. The van der Waals surface area contributed by atoms with E-state index < -0.39 is 0 Å². The largest absolute Gasteiger partial charge is 0.329 e. The summed E-state index contributed by atoms with van der Waals surface area (Å²) in [6.07, 6.45) is 0. The molecule has 158 valence electrons. The van der Waals surface area contributed by atoms with E-state index in [9.17, 15) is 9.59 Å². The molecule has 0 unspecified atom stereocenters. The molecule has 6 heteroatoms. The molecule has 6 nitrogen and oxygen atoms in total. The Labute approximate surface area is 181 Å². The summed E-state index contributed by atoms with van der Waals surface area (Å²) in [4.78, 5) is 35.1. The van der Waals surface area contributed by atoms with E-state index in [0.29, 0.717) is 22.3 Å². The Bertz CT molecular complexity index is 1300. The van der Waals surface area contributed by atoms with E-state index in [1.807, 2.05) is 82.3 Å². The van der Waals surface area contributed by atoms with Crippen molar-refractivity contribution in [3.8, 4) is 5.69 Å². The molecule has 2 aromatic heterocycles. The Morgan fingerprint density at radius 3 is 2.45 bits per heavy atom. The summed E-state index contributed by atoms with van der Waals surface area (Å²) in [5, 5.41) is 0.542. The van der Waals surface area contributed by atoms with Crippen LogP contribution in [0.15, 0.2) is 65.5 Å². The summed E-state index contributed by atoms with van der Waals surface area (Å²) in [7, 11) is 0. The van der Waals surface area contributed by atoms with Crippen LogP contribution in [0.5, 0.6) is 0 Å². The lowest BCUT2D eigenvalue weighted by Gasteiger charge is -2.26. The lowest BCUT2D eigenvalue weighted by Crippen LogP contribution is -2.37. The first-order valence-corrected chi connectivity index (χ1v) is 10.4. The smallest absolute Gasteiger partial charge is 0.258 e. The fraction of sp³-hybridized carbons (Fsp3) is 0.240. The van der Waals surface area contributed by atoms with Gasteiger partial charge in [-0.15, -0.1) is 0 Å². The Morgan fingerprint density at radius 1 is 1.06 bits per heavy atom. The van der Waals surface area contributed by atoms with Crippen molar-refractivity contribution in [1.82, 2.24) is 19.4 Å². The zero-order valence-electron chi connectivity index (χ0n) is 18.2. The van der Waals surface area contributed by atoms with Gasteiger partial charge in [-0.05, 0) is 58.0 Å². The molecule has 1 amide bonds. The number of nitrogens with one attached hydrogen (secondary N) is 1. The molecule has 4 aromatic rings. The van der Waals surface area contributed by atoms with Crippen LogP contribution in [0.25, 0.3) is 16.6 Å². The second-order valence-electron chi connectivity index (χ2n) is 8.01. The third-order valence-electron chi connectivity index (χ3n) is 5.54. The quantitative estimate of drug-likeness (QED) is 0.527. The number of hydrogen-bond donors (Lipinski definition) is 1. The van der Waals surface area contributed by atoms with Crippen LogP contribution < -0.4 is 5.56 Å². The van der Waals surface area contributed by atoms with Crippen LogP contribution in [-0.4, -0.2) is 31.4 Å². The van der Waals surface area contributed by atoms with Crippen LogP contribution in [-0.2, 0) is 6.54 Å². The zero-order chi connectivity index (χ0) is 22.1. The highest BCUT2D eigenvalue weighted by Crippen LogP contribution is 2.23. The van der Waals surface area contributed by atoms with Crippen LogP contribution in [0, 0.1) is 13.8 Å². The van der Waals surface area contributed by atoms with Crippen molar-refractivity contribution in [2.45, 2.75) is 40.3 Å². The molecule has 0 fully saturated rings. The molecular formula is C25H26N4O2. The molecule has 0 bridgehead atoms. The minimum atomic E-state index is -0.195. The van der Waals surface area contributed by atoms with Crippen LogP contribution in [0.4, 0.5) is 0 Å². The van der Waals surface area contributed by atoms with E-state index in [0.717, 1.165) is 17.1 Å². The highest BCUT2D eigenvalue weighted by molar-refractivity contribution is 5.96. The van der Waals surface area contributed by atoms with E-state index in [2.05, 4.69) is 14.5 Å². The first kappa shape index (κ1) is 20.6. The van der Waals surface area contributed by atoms with E-state index in [1.165, 1.54) is 0 Å². The summed E-state index contributed by atoms with van der Waals surface area (Å²) in [6.45, 7) is 8.12. The average Bonchev–Trinajstić information content (AvgIpc) is 3.06. The third kappa shape index (κ3) is 3.89. The molecule has 0 aliphatic rings. The van der Waals surface area contributed by atoms with Crippen molar-refractivity contribution in [2.24, 2.45) is 0 Å². The zero-order valence-corrected chi connectivity index (χ0v) is 18.2. The number of aromatic amines is 1. The number of benzene rings is 2. The molecular weight excluding hydrogens is 388 g/mol. The molecule has 31 heavy (non-hydrogen) atoms. The Balaban J connectivity index is 1.70. The van der Waals surface area contributed by atoms with E-state index in [1.54, 1.807) is 11.0 Å². The molecule has 0 saturated carbocycles. The molecule has 0 aliphatic heterocycles. The van der Waals surface area contributed by atoms with Gasteiger partial charge in [-0.1, -0.05) is 30.3 Å². The molecule has 0 atom stereocenters. The molecule has 0 aliphatic carbocycles. The summed E-state index contributed by atoms with van der Waals surface area (Å²) >= 11 is 0. The number of carbonyl (C=O) groups is 1. The van der Waals surface area contributed by atoms with Gasteiger partial charge in [-0.2, -0.15) is 0 Å². The van der Waals surface area contributed by atoms with Gasteiger partial charge in [-0.25, -0.2) is 4.98 Å². The predicted molar refractivity (Wildman–Crippen MR) is 123 cm³/mol. The lowest BCUT2D eigenvalue weighted by molar-refractivity contribution is 0.0684. The standard InChI is InChI=1S/C25H26N4O2/c1-16(2)28(15-23-26-22-13-9-8-12-20(22)24(30)27-23)25(31)21-14-17(3)29(18(21)4)19-10-6-5-7-11-19/h5-14,16H,15H2,1-4H3,(H,26,27,30). The lowest BCUT2D eigenvalue weighted by atomic mass is 10.1. The van der Waals surface area contributed by atoms with Crippen LogP contribution in [0.3, 0.4) is 0 Å². The number of carbonyl (C=O) groups excluding carboxylic acids is 1. The molecule has 0 radical (unpaired) electrons. The van der Waals surface area contributed by atoms with Crippen molar-refractivity contribution < 1.29 is 4.79 Å². The number of amides is 1. The highest BCUT2D eigenvalue weighted by atomic mass is 16.2. The van der Waals surface area contributed by atoms with Gasteiger partial charge in [0.25, 0.3) is 11.5 Å². The summed E-state index contributed by atoms with van der Waals surface area (Å²) in [5.74, 6) is 0.392. The maximum absolute atomic E-state index is 13.5. The number of rotatable bonds is 5. The van der Waals surface area contributed by atoms with Gasteiger partial charge < -0.3 is 14.5 Å². The van der Waals surface area contributed by atoms with Gasteiger partial charge >= 0.3 is 0 Å². The minimum absolute atomic E-state index is 0.0657. The molecule has 0 spiro atoms. The number of hydrogen-bond acceptors (Lipinski definition) is 3. The highest BCUT2D eigenvalue weighted by Gasteiger charge is 2.25. The molecule has 2 aromatic carbocycles. The van der Waals surface area contributed by atoms with Gasteiger partial charge in [0.1, 0.15) is 5.82 Å². The van der Waals surface area contributed by atoms with E-state index in [4.69, 9.17) is 0 Å². The van der Waals surface area contributed by atoms with Crippen molar-refractivity contribution in [2.75, 3.05) is 0 Å². The number of nitrogens with zero attached hydrogens (tertiary/aromatic N) is 3. The van der Waals surface area contributed by atoms with Gasteiger partial charge in [0, 0.05) is 23.1 Å². The summed E-state index contributed by atoms with van der Waals surface area (Å²) < 4.78 is 2.09. The van der Waals surface area contributed by atoms with Crippen LogP contribution >= 0.6 is 0 Å². The molecule has 4 rings (SSSR count). The maximum Gasteiger partial charge on any atom is 0.258 e. The van der Waals surface area contributed by atoms with Crippen molar-refractivity contribution in [1.29, 1.82) is 0 Å². The van der Waals surface area contributed by atoms with Gasteiger partial charge in [0.15, 0.2) is 0 Å². The number of aromatic nitrogens is 3. The van der Waals surface area contributed by atoms with E-state index in [-0.39, 0.29) is 24.1 Å². The maximum atomic E-state index is 13.5. The fourth-order valence-electron chi connectivity index (χ4n) is 3.97. The average molecular weight is 415 g/mol. The fourth-order valence-corrected chi connectivity index (χ4v) is 3.97. The second-order valence-corrected chi connectivity index (χ2v) is 8.01. The van der Waals surface area contributed by atoms with Crippen molar-refractivity contribution >= 4 is 16.8 Å². The Hall–Kier alpha value is -3.67. The second kappa shape index (κ2) is 8.22.